The second kappa shape index (κ2) is 5.63. The molecule has 0 aliphatic heterocycles. The first-order valence-corrected chi connectivity index (χ1v) is 7.10. The van der Waals surface area contributed by atoms with Crippen LogP contribution in [0.1, 0.15) is 39.0 Å². The van der Waals surface area contributed by atoms with Crippen LogP contribution >= 0.6 is 0 Å². The van der Waals surface area contributed by atoms with Gasteiger partial charge in [-0.1, -0.05) is 19.3 Å². The van der Waals surface area contributed by atoms with E-state index in [4.69, 9.17) is 4.74 Å². The van der Waals surface area contributed by atoms with Crippen LogP contribution in [-0.2, 0) is 19.6 Å². The van der Waals surface area contributed by atoms with E-state index in [1.54, 1.807) is 0 Å². The van der Waals surface area contributed by atoms with Crippen LogP contribution in [0, 0.1) is 5.92 Å². The van der Waals surface area contributed by atoms with Crippen molar-refractivity contribution in [1.82, 2.24) is 0 Å². The van der Waals surface area contributed by atoms with Crippen molar-refractivity contribution in [1.29, 1.82) is 0 Å². The Bertz CT molecular complexity index is 329. The van der Waals surface area contributed by atoms with Gasteiger partial charge in [0.05, 0.1) is 21.8 Å². The molecule has 0 aromatic heterocycles. The highest BCUT2D eigenvalue weighted by molar-refractivity contribution is 7.85. The van der Waals surface area contributed by atoms with Gasteiger partial charge in [0.2, 0.25) is 0 Å². The third-order valence-electron chi connectivity index (χ3n) is 2.69. The lowest BCUT2D eigenvalue weighted by atomic mass is 9.89. The van der Waals surface area contributed by atoms with E-state index in [2.05, 4.69) is 0 Å². The summed E-state index contributed by atoms with van der Waals surface area (Å²) in [6, 6.07) is 0. The van der Waals surface area contributed by atoms with Crippen molar-refractivity contribution in [2.45, 2.75) is 45.1 Å². The zero-order chi connectivity index (χ0) is 12.2. The molecule has 6 heteroatoms. The fourth-order valence-corrected chi connectivity index (χ4v) is 2.60. The summed E-state index contributed by atoms with van der Waals surface area (Å²) in [5, 5.41) is 0. The topological polar surface area (TPSA) is 83.5 Å². The second-order valence-corrected chi connectivity index (χ2v) is 5.76. The molecule has 0 radical (unpaired) electrons. The maximum Gasteiger partial charge on any atom is 0.309 e. The molecule has 0 heterocycles. The minimum atomic E-state index is -4.33. The van der Waals surface area contributed by atoms with Crippen LogP contribution in [0.15, 0.2) is 0 Å². The lowest BCUT2D eigenvalue weighted by Crippen LogP contribution is -2.28. The number of rotatable bonds is 4. The number of carbonyl (C=O) groups excluding carboxylic acids is 1. The zero-order valence-corrected chi connectivity index (χ0v) is 10.2. The summed E-state index contributed by atoms with van der Waals surface area (Å²) in [6.45, 7) is 1.43. The molecule has 1 aliphatic carbocycles. The summed E-state index contributed by atoms with van der Waals surface area (Å²) < 4.78 is 36.3. The summed E-state index contributed by atoms with van der Waals surface area (Å²) in [7, 11) is -4.33. The highest BCUT2D eigenvalue weighted by atomic mass is 32.2. The van der Waals surface area contributed by atoms with Gasteiger partial charge in [0, 0.05) is 0 Å². The molecule has 0 aromatic rings. The third kappa shape index (κ3) is 4.94. The number of esters is 1. The van der Waals surface area contributed by atoms with Gasteiger partial charge in [0.25, 0.3) is 0 Å². The standard InChI is InChI=1S/C10H18O5S/c1-8(7-16(12,13)14)15-10(11)9-5-3-2-4-6-9/h8-9H,2-7H2,1H3,(H,12,13,14)/p-1. The summed E-state index contributed by atoms with van der Waals surface area (Å²) in [5.41, 5.74) is 0. The number of hydrogen-bond donors (Lipinski definition) is 0. The second-order valence-electron chi connectivity index (χ2n) is 4.31. The van der Waals surface area contributed by atoms with Crippen molar-refractivity contribution in [3.05, 3.63) is 0 Å². The maximum absolute atomic E-state index is 11.6. The molecule has 0 spiro atoms. The van der Waals surface area contributed by atoms with Gasteiger partial charge in [0.1, 0.15) is 6.10 Å². The maximum atomic E-state index is 11.6. The molecule has 1 unspecified atom stereocenters. The Labute approximate surface area is 95.9 Å². The predicted octanol–water partition coefficient (Wildman–Crippen LogP) is 1.04. The molecular weight excluding hydrogens is 232 g/mol. The van der Waals surface area contributed by atoms with Crippen molar-refractivity contribution < 1.29 is 22.5 Å². The number of ether oxygens (including phenoxy) is 1. The van der Waals surface area contributed by atoms with Gasteiger partial charge in [-0.05, 0) is 19.8 Å². The first-order chi connectivity index (χ1) is 7.38. The van der Waals surface area contributed by atoms with Crippen LogP contribution < -0.4 is 0 Å². The van der Waals surface area contributed by atoms with E-state index < -0.39 is 22.0 Å². The van der Waals surface area contributed by atoms with Gasteiger partial charge in [-0.25, -0.2) is 8.42 Å². The first kappa shape index (κ1) is 13.4. The smallest absolute Gasteiger partial charge is 0.309 e. The molecule has 0 saturated heterocycles. The summed E-state index contributed by atoms with van der Waals surface area (Å²) in [6.07, 6.45) is 3.90. The third-order valence-corrected chi connectivity index (χ3v) is 3.57. The summed E-state index contributed by atoms with van der Waals surface area (Å²) >= 11 is 0. The van der Waals surface area contributed by atoms with Crippen molar-refractivity contribution >= 4 is 16.1 Å². The first-order valence-electron chi connectivity index (χ1n) is 5.52. The van der Waals surface area contributed by atoms with Gasteiger partial charge in [0.15, 0.2) is 0 Å². The van der Waals surface area contributed by atoms with Gasteiger partial charge < -0.3 is 9.29 Å². The Morgan fingerprint density at radius 3 is 2.44 bits per heavy atom. The average molecular weight is 249 g/mol. The van der Waals surface area contributed by atoms with Crippen LogP contribution in [0.2, 0.25) is 0 Å². The van der Waals surface area contributed by atoms with Crippen LogP contribution in [0.25, 0.3) is 0 Å². The molecular formula is C10H17O5S-. The fourth-order valence-electron chi connectivity index (χ4n) is 1.95. The monoisotopic (exact) mass is 249 g/mol. The molecule has 0 amide bonds. The lowest BCUT2D eigenvalue weighted by Gasteiger charge is -2.22. The largest absolute Gasteiger partial charge is 0.748 e. The number of carbonyl (C=O) groups is 1. The van der Waals surface area contributed by atoms with Gasteiger partial charge in [-0.3, -0.25) is 4.79 Å². The molecule has 1 rings (SSSR count). The molecule has 16 heavy (non-hydrogen) atoms. The van der Waals surface area contributed by atoms with E-state index in [0.29, 0.717) is 0 Å². The lowest BCUT2D eigenvalue weighted by molar-refractivity contribution is -0.153. The van der Waals surface area contributed by atoms with E-state index in [0.717, 1.165) is 32.1 Å². The molecule has 1 fully saturated rings. The summed E-state index contributed by atoms with van der Waals surface area (Å²) in [5.74, 6) is -1.13. The molecule has 1 aliphatic rings. The van der Waals surface area contributed by atoms with Crippen LogP contribution in [0.4, 0.5) is 0 Å². The Balaban J connectivity index is 2.38. The normalized spacial score (nSPS) is 20.4. The highest BCUT2D eigenvalue weighted by Crippen LogP contribution is 2.25. The Morgan fingerprint density at radius 2 is 1.94 bits per heavy atom. The highest BCUT2D eigenvalue weighted by Gasteiger charge is 2.24. The van der Waals surface area contributed by atoms with Crippen molar-refractivity contribution in [2.24, 2.45) is 5.92 Å². The average Bonchev–Trinajstić information content (AvgIpc) is 2.16. The quantitative estimate of drug-likeness (QED) is 0.549. The van der Waals surface area contributed by atoms with Crippen molar-refractivity contribution in [2.75, 3.05) is 5.75 Å². The molecule has 0 N–H and O–H groups in total. The minimum Gasteiger partial charge on any atom is -0.748 e. The van der Waals surface area contributed by atoms with Gasteiger partial charge in [-0.2, -0.15) is 0 Å². The zero-order valence-electron chi connectivity index (χ0n) is 9.35. The van der Waals surface area contributed by atoms with E-state index in [1.807, 2.05) is 0 Å². The van der Waals surface area contributed by atoms with Crippen LogP contribution in [0.3, 0.4) is 0 Å². The Hall–Kier alpha value is -0.620. The number of hydrogen-bond acceptors (Lipinski definition) is 5. The molecule has 1 saturated carbocycles. The van der Waals surface area contributed by atoms with E-state index in [1.165, 1.54) is 6.92 Å². The summed E-state index contributed by atoms with van der Waals surface area (Å²) in [4.78, 5) is 11.6. The molecule has 1 atom stereocenters. The SMILES string of the molecule is CC(CS(=O)(=O)[O-])OC(=O)C1CCCCC1. The predicted molar refractivity (Wildman–Crippen MR) is 56.7 cm³/mol. The van der Waals surface area contributed by atoms with Crippen LogP contribution in [-0.4, -0.2) is 30.8 Å². The van der Waals surface area contributed by atoms with E-state index in [9.17, 15) is 17.8 Å². The van der Waals surface area contributed by atoms with Crippen molar-refractivity contribution in [3.63, 3.8) is 0 Å². The van der Waals surface area contributed by atoms with Crippen molar-refractivity contribution in [3.8, 4) is 0 Å². The van der Waals surface area contributed by atoms with E-state index >= 15 is 0 Å². The Morgan fingerprint density at radius 1 is 1.38 bits per heavy atom. The molecule has 94 valence electrons. The van der Waals surface area contributed by atoms with E-state index in [-0.39, 0.29) is 11.9 Å². The Kier molecular flexibility index (Phi) is 4.73. The minimum absolute atomic E-state index is 0.120. The van der Waals surface area contributed by atoms with Crippen LogP contribution in [0.5, 0.6) is 0 Å². The molecule has 0 bridgehead atoms. The fraction of sp³-hybridized carbons (Fsp3) is 0.900. The van der Waals surface area contributed by atoms with Gasteiger partial charge in [-0.15, -0.1) is 0 Å². The molecule has 0 aromatic carbocycles. The molecule has 5 nitrogen and oxygen atoms in total. The van der Waals surface area contributed by atoms with Gasteiger partial charge >= 0.3 is 5.97 Å².